The van der Waals surface area contributed by atoms with E-state index < -0.39 is 17.9 Å². The van der Waals surface area contributed by atoms with E-state index in [-0.39, 0.29) is 29.7 Å². The van der Waals surface area contributed by atoms with Gasteiger partial charge in [0, 0.05) is 12.0 Å². The summed E-state index contributed by atoms with van der Waals surface area (Å²) in [6, 6.07) is 14.9. The quantitative estimate of drug-likeness (QED) is 0.692. The summed E-state index contributed by atoms with van der Waals surface area (Å²) in [7, 11) is 1.68. The largest absolute Gasteiger partial charge is 0.355 e. The molecule has 2 aromatic rings. The Morgan fingerprint density at radius 2 is 1.61 bits per heavy atom. The zero-order valence-corrected chi connectivity index (χ0v) is 19.4. The van der Waals surface area contributed by atoms with Crippen LogP contribution in [0.4, 0.5) is 0 Å². The average molecular weight is 447 g/mol. The molecular formula is C24H30O6S. The molecule has 3 saturated heterocycles. The molecule has 3 heterocycles. The topological polar surface area (TPSA) is 55.4 Å². The van der Waals surface area contributed by atoms with Crippen LogP contribution in [0, 0.1) is 0 Å². The van der Waals surface area contributed by atoms with Gasteiger partial charge in [-0.15, -0.1) is 11.8 Å². The molecule has 3 aliphatic rings. The van der Waals surface area contributed by atoms with Crippen LogP contribution >= 0.6 is 11.8 Å². The van der Waals surface area contributed by atoms with Crippen molar-refractivity contribution in [2.75, 3.05) is 13.7 Å². The Balaban J connectivity index is 1.42. The molecule has 0 radical (unpaired) electrons. The lowest BCUT2D eigenvalue weighted by Gasteiger charge is -2.45. The third-order valence-corrected chi connectivity index (χ3v) is 7.28. The normalized spacial score (nSPS) is 36.5. The van der Waals surface area contributed by atoms with Gasteiger partial charge in [0.15, 0.2) is 17.9 Å². The number of fused-ring (bicyclic) bond motifs is 2. The summed E-state index contributed by atoms with van der Waals surface area (Å²) < 4.78 is 36.7. The van der Waals surface area contributed by atoms with Gasteiger partial charge in [-0.05, 0) is 50.6 Å². The first kappa shape index (κ1) is 21.6. The van der Waals surface area contributed by atoms with E-state index in [1.54, 1.807) is 18.9 Å². The fourth-order valence-corrected chi connectivity index (χ4v) is 5.96. The molecule has 31 heavy (non-hydrogen) atoms. The molecule has 6 atom stereocenters. The van der Waals surface area contributed by atoms with Crippen LogP contribution in [-0.4, -0.2) is 61.2 Å². The highest BCUT2D eigenvalue weighted by Crippen LogP contribution is 2.46. The highest BCUT2D eigenvalue weighted by atomic mass is 32.2. The number of rotatable bonds is 4. The summed E-state index contributed by atoms with van der Waals surface area (Å²) in [4.78, 5) is 1.15. The van der Waals surface area contributed by atoms with Crippen LogP contribution in [0.25, 0.3) is 10.8 Å². The lowest BCUT2D eigenvalue weighted by Crippen LogP contribution is -2.58. The zero-order valence-electron chi connectivity index (χ0n) is 18.6. The maximum absolute atomic E-state index is 6.40. The Bertz CT molecular complexity index is 947. The van der Waals surface area contributed by atoms with Crippen molar-refractivity contribution in [1.29, 1.82) is 0 Å². The van der Waals surface area contributed by atoms with Crippen LogP contribution in [0.2, 0.25) is 0 Å². The molecule has 0 amide bonds. The SMILES string of the molecule is CO[C@@H]1O[C@@H]2[C@@H](OC(C)(C)O[C@@H]2[C@@H]2COC(C)(C)O2)[C@@H]1Sc1ccc2ccccc2c1. The van der Waals surface area contributed by atoms with Crippen LogP contribution < -0.4 is 0 Å². The van der Waals surface area contributed by atoms with Gasteiger partial charge in [0.1, 0.15) is 24.4 Å². The number of hydrogen-bond acceptors (Lipinski definition) is 7. The first-order valence-corrected chi connectivity index (χ1v) is 11.6. The van der Waals surface area contributed by atoms with Crippen molar-refractivity contribution in [1.82, 2.24) is 0 Å². The van der Waals surface area contributed by atoms with Gasteiger partial charge in [0.05, 0.1) is 11.9 Å². The van der Waals surface area contributed by atoms with Crippen LogP contribution in [-0.2, 0) is 28.4 Å². The van der Waals surface area contributed by atoms with Gasteiger partial charge in [0.25, 0.3) is 0 Å². The average Bonchev–Trinajstić information content (AvgIpc) is 3.26. The molecular weight excluding hydrogens is 416 g/mol. The van der Waals surface area contributed by atoms with Gasteiger partial charge in [-0.1, -0.05) is 30.3 Å². The summed E-state index contributed by atoms with van der Waals surface area (Å²) >= 11 is 1.73. The second kappa shape index (κ2) is 7.99. The molecule has 5 rings (SSSR count). The van der Waals surface area contributed by atoms with Crippen molar-refractivity contribution in [2.24, 2.45) is 0 Å². The molecule has 0 bridgehead atoms. The molecule has 3 fully saturated rings. The molecule has 0 spiro atoms. The van der Waals surface area contributed by atoms with E-state index in [9.17, 15) is 0 Å². The van der Waals surface area contributed by atoms with E-state index in [1.165, 1.54) is 10.8 Å². The second-order valence-corrected chi connectivity index (χ2v) is 10.5. The van der Waals surface area contributed by atoms with Crippen LogP contribution in [0.1, 0.15) is 27.7 Å². The fourth-order valence-electron chi connectivity index (χ4n) is 4.68. The van der Waals surface area contributed by atoms with Crippen LogP contribution in [0.15, 0.2) is 47.4 Å². The second-order valence-electron chi connectivity index (χ2n) is 9.23. The lowest BCUT2D eigenvalue weighted by atomic mass is 10.00. The molecule has 168 valence electrons. The Morgan fingerprint density at radius 1 is 0.871 bits per heavy atom. The minimum absolute atomic E-state index is 0.0443. The minimum Gasteiger partial charge on any atom is -0.355 e. The first-order chi connectivity index (χ1) is 14.7. The Hall–Kier alpha value is -1.19. The summed E-state index contributed by atoms with van der Waals surface area (Å²) in [6.07, 6.45) is -1.47. The van der Waals surface area contributed by atoms with Crippen LogP contribution in [0.3, 0.4) is 0 Å². The standard InChI is InChI=1S/C24H30O6S/c1-23(2)26-13-17(28-23)18-19-20(30-24(3,4)29-18)21(22(25-5)27-19)31-16-11-10-14-8-6-7-9-15(14)12-16/h6-12,17-22H,13H2,1-5H3/t17-,18+,19-,20+,21-,22+/m0/s1. The van der Waals surface area contributed by atoms with E-state index in [2.05, 4.69) is 42.5 Å². The Kier molecular flexibility index (Phi) is 5.58. The lowest BCUT2D eigenvalue weighted by molar-refractivity contribution is -0.339. The van der Waals surface area contributed by atoms with E-state index in [0.717, 1.165) is 4.90 Å². The van der Waals surface area contributed by atoms with Gasteiger partial charge in [-0.25, -0.2) is 0 Å². The summed E-state index contributed by atoms with van der Waals surface area (Å²) in [5.74, 6) is -1.40. The molecule has 0 saturated carbocycles. The molecule has 0 aliphatic carbocycles. The molecule has 0 unspecified atom stereocenters. The molecule has 6 nitrogen and oxygen atoms in total. The summed E-state index contributed by atoms with van der Waals surface area (Å²) in [5.41, 5.74) is 0. The van der Waals surface area contributed by atoms with E-state index >= 15 is 0 Å². The van der Waals surface area contributed by atoms with Gasteiger partial charge >= 0.3 is 0 Å². The van der Waals surface area contributed by atoms with E-state index in [4.69, 9.17) is 28.4 Å². The predicted octanol–water partition coefficient (Wildman–Crippen LogP) is 4.34. The van der Waals surface area contributed by atoms with Crippen molar-refractivity contribution >= 4 is 22.5 Å². The summed E-state index contributed by atoms with van der Waals surface area (Å²) in [6.45, 7) is 8.17. The maximum atomic E-state index is 6.40. The van der Waals surface area contributed by atoms with Gasteiger partial charge < -0.3 is 28.4 Å². The monoisotopic (exact) mass is 446 g/mol. The van der Waals surface area contributed by atoms with Gasteiger partial charge in [-0.3, -0.25) is 0 Å². The van der Waals surface area contributed by atoms with Crippen molar-refractivity contribution in [3.05, 3.63) is 42.5 Å². The van der Waals surface area contributed by atoms with E-state index in [0.29, 0.717) is 6.61 Å². The smallest absolute Gasteiger partial charge is 0.172 e. The number of methoxy groups -OCH3 is 1. The molecule has 2 aromatic carbocycles. The van der Waals surface area contributed by atoms with Gasteiger partial charge in [0.2, 0.25) is 0 Å². The first-order valence-electron chi connectivity index (χ1n) is 10.8. The van der Waals surface area contributed by atoms with Crippen LogP contribution in [0.5, 0.6) is 0 Å². The van der Waals surface area contributed by atoms with Crippen molar-refractivity contribution in [3.8, 4) is 0 Å². The zero-order chi connectivity index (χ0) is 21.8. The number of benzene rings is 2. The highest BCUT2D eigenvalue weighted by molar-refractivity contribution is 8.00. The third-order valence-electron chi connectivity index (χ3n) is 5.99. The van der Waals surface area contributed by atoms with Crippen molar-refractivity contribution in [2.45, 2.75) is 80.1 Å². The maximum Gasteiger partial charge on any atom is 0.172 e. The molecule has 7 heteroatoms. The van der Waals surface area contributed by atoms with Crippen molar-refractivity contribution < 1.29 is 28.4 Å². The number of hydrogen-bond donors (Lipinski definition) is 0. The third kappa shape index (κ3) is 4.25. The molecule has 0 N–H and O–H groups in total. The van der Waals surface area contributed by atoms with Gasteiger partial charge in [-0.2, -0.15) is 0 Å². The summed E-state index contributed by atoms with van der Waals surface area (Å²) in [5, 5.41) is 2.39. The fraction of sp³-hybridized carbons (Fsp3) is 0.583. The Morgan fingerprint density at radius 3 is 2.32 bits per heavy atom. The Labute approximate surface area is 187 Å². The number of thioether (sulfide) groups is 1. The van der Waals surface area contributed by atoms with E-state index in [1.807, 2.05) is 27.7 Å². The minimum atomic E-state index is -0.768. The number of ether oxygens (including phenoxy) is 6. The molecule has 0 aromatic heterocycles. The van der Waals surface area contributed by atoms with Crippen molar-refractivity contribution in [3.63, 3.8) is 0 Å². The highest BCUT2D eigenvalue weighted by Gasteiger charge is 2.59. The molecule has 3 aliphatic heterocycles. The predicted molar refractivity (Wildman–Crippen MR) is 118 cm³/mol.